The highest BCUT2D eigenvalue weighted by atomic mass is 19.1. The molecule has 0 aliphatic carbocycles. The van der Waals surface area contributed by atoms with E-state index in [0.29, 0.717) is 6.54 Å². The number of benzene rings is 2. The first kappa shape index (κ1) is 15.8. The smallest absolute Gasteiger partial charge is 0.123 e. The van der Waals surface area contributed by atoms with Crippen molar-refractivity contribution in [1.29, 1.82) is 0 Å². The third-order valence-corrected chi connectivity index (χ3v) is 4.40. The van der Waals surface area contributed by atoms with Gasteiger partial charge in [-0.15, -0.1) is 0 Å². The van der Waals surface area contributed by atoms with Crippen molar-refractivity contribution in [3.63, 3.8) is 0 Å². The van der Waals surface area contributed by atoms with Gasteiger partial charge in [0.15, 0.2) is 0 Å². The van der Waals surface area contributed by atoms with Crippen molar-refractivity contribution < 1.29 is 4.39 Å². The van der Waals surface area contributed by atoms with Crippen molar-refractivity contribution >= 4 is 10.9 Å². The van der Waals surface area contributed by atoms with Crippen LogP contribution < -0.4 is 5.73 Å². The van der Waals surface area contributed by atoms with Crippen LogP contribution in [0.25, 0.3) is 22.2 Å². The third kappa shape index (κ3) is 3.15. The summed E-state index contributed by atoms with van der Waals surface area (Å²) in [7, 11) is 0. The Morgan fingerprint density at radius 3 is 2.65 bits per heavy atom. The van der Waals surface area contributed by atoms with Gasteiger partial charge in [0.25, 0.3) is 0 Å². The van der Waals surface area contributed by atoms with Crippen molar-refractivity contribution in [2.24, 2.45) is 5.73 Å². The molecule has 3 heteroatoms. The molecule has 0 saturated heterocycles. The number of para-hydroxylation sites is 1. The first-order chi connectivity index (χ1) is 11.2. The Labute approximate surface area is 136 Å². The number of aromatic nitrogens is 1. The molecule has 1 heterocycles. The zero-order valence-electron chi connectivity index (χ0n) is 13.5. The lowest BCUT2D eigenvalue weighted by molar-refractivity contribution is 0.628. The quantitative estimate of drug-likeness (QED) is 0.630. The maximum atomic E-state index is 13.7. The number of nitrogens with two attached hydrogens (primary N) is 1. The van der Waals surface area contributed by atoms with Crippen molar-refractivity contribution in [1.82, 2.24) is 4.98 Å². The van der Waals surface area contributed by atoms with Gasteiger partial charge in [-0.05, 0) is 55.5 Å². The van der Waals surface area contributed by atoms with E-state index in [0.717, 1.165) is 36.9 Å². The molecule has 0 unspecified atom stereocenters. The van der Waals surface area contributed by atoms with Crippen LogP contribution in [0, 0.1) is 5.82 Å². The molecule has 0 saturated carbocycles. The highest BCUT2D eigenvalue weighted by molar-refractivity contribution is 5.92. The van der Waals surface area contributed by atoms with Gasteiger partial charge in [0, 0.05) is 22.2 Å². The number of unbranched alkanes of at least 4 members (excludes halogenated alkanes) is 1. The molecular weight excluding hydrogens is 287 g/mol. The Hall–Kier alpha value is -2.13. The summed E-state index contributed by atoms with van der Waals surface area (Å²) in [4.78, 5) is 3.56. The van der Waals surface area contributed by atoms with Crippen LogP contribution in [0.5, 0.6) is 0 Å². The minimum Gasteiger partial charge on any atom is -0.354 e. The fraction of sp³-hybridized carbons (Fsp3) is 0.300. The summed E-state index contributed by atoms with van der Waals surface area (Å²) in [6.45, 7) is 2.86. The molecule has 0 amide bonds. The highest BCUT2D eigenvalue weighted by Gasteiger charge is 2.15. The molecule has 1 aromatic heterocycles. The maximum Gasteiger partial charge on any atom is 0.123 e. The van der Waals surface area contributed by atoms with E-state index in [1.165, 1.54) is 28.1 Å². The Morgan fingerprint density at radius 2 is 1.91 bits per heavy atom. The van der Waals surface area contributed by atoms with Gasteiger partial charge in [0.1, 0.15) is 5.82 Å². The van der Waals surface area contributed by atoms with Crippen LogP contribution in [0.3, 0.4) is 0 Å². The molecule has 0 radical (unpaired) electrons. The van der Waals surface area contributed by atoms with Gasteiger partial charge in [0.2, 0.25) is 0 Å². The first-order valence-electron chi connectivity index (χ1n) is 8.33. The van der Waals surface area contributed by atoms with E-state index in [9.17, 15) is 4.39 Å². The van der Waals surface area contributed by atoms with Crippen molar-refractivity contribution in [2.75, 3.05) is 6.54 Å². The lowest BCUT2D eigenvalue weighted by Crippen LogP contribution is -1.99. The lowest BCUT2D eigenvalue weighted by atomic mass is 9.99. The van der Waals surface area contributed by atoms with E-state index in [-0.39, 0.29) is 5.82 Å². The first-order valence-corrected chi connectivity index (χ1v) is 8.33. The minimum atomic E-state index is -0.204. The number of halogens is 1. The van der Waals surface area contributed by atoms with Gasteiger partial charge >= 0.3 is 0 Å². The topological polar surface area (TPSA) is 41.8 Å². The van der Waals surface area contributed by atoms with E-state index in [2.05, 4.69) is 30.1 Å². The molecule has 0 fully saturated rings. The second-order valence-electron chi connectivity index (χ2n) is 5.93. The van der Waals surface area contributed by atoms with Gasteiger partial charge in [-0.25, -0.2) is 4.39 Å². The number of fused-ring (bicyclic) bond motifs is 1. The number of nitrogens with one attached hydrogen (secondary N) is 1. The zero-order chi connectivity index (χ0) is 16.2. The summed E-state index contributed by atoms with van der Waals surface area (Å²) < 4.78 is 13.7. The SMILES string of the molecule is CCc1cccc2c(CCCCN)c(-c3cccc(F)c3)[nH]c12. The van der Waals surface area contributed by atoms with Crippen LogP contribution in [0.15, 0.2) is 42.5 Å². The predicted octanol–water partition coefficient (Wildman–Crippen LogP) is 4.82. The third-order valence-electron chi connectivity index (χ3n) is 4.40. The largest absolute Gasteiger partial charge is 0.354 e. The molecule has 3 aromatic rings. The second kappa shape index (κ2) is 6.97. The average molecular weight is 310 g/mol. The lowest BCUT2D eigenvalue weighted by Gasteiger charge is -2.05. The summed E-state index contributed by atoms with van der Waals surface area (Å²) >= 11 is 0. The van der Waals surface area contributed by atoms with E-state index < -0.39 is 0 Å². The van der Waals surface area contributed by atoms with Crippen LogP contribution in [0.1, 0.15) is 30.9 Å². The number of aryl methyl sites for hydroxylation is 2. The van der Waals surface area contributed by atoms with Crippen LogP contribution in [0.2, 0.25) is 0 Å². The van der Waals surface area contributed by atoms with Crippen LogP contribution in [-0.4, -0.2) is 11.5 Å². The number of rotatable bonds is 6. The molecule has 3 rings (SSSR count). The Kier molecular flexibility index (Phi) is 4.77. The summed E-state index contributed by atoms with van der Waals surface area (Å²) in [6.07, 6.45) is 3.98. The molecule has 3 N–H and O–H groups in total. The van der Waals surface area contributed by atoms with Gasteiger partial charge in [0.05, 0.1) is 0 Å². The van der Waals surface area contributed by atoms with E-state index in [1.807, 2.05) is 6.07 Å². The Balaban J connectivity index is 2.16. The summed E-state index contributed by atoms with van der Waals surface area (Å²) in [6, 6.07) is 13.2. The van der Waals surface area contributed by atoms with Crippen molar-refractivity contribution in [3.8, 4) is 11.3 Å². The van der Waals surface area contributed by atoms with E-state index >= 15 is 0 Å². The fourth-order valence-corrected chi connectivity index (χ4v) is 3.23. The van der Waals surface area contributed by atoms with Crippen LogP contribution in [0.4, 0.5) is 4.39 Å². The molecule has 120 valence electrons. The second-order valence-corrected chi connectivity index (χ2v) is 5.93. The van der Waals surface area contributed by atoms with Crippen molar-refractivity contribution in [2.45, 2.75) is 32.6 Å². The molecule has 0 bridgehead atoms. The number of hydrogen-bond donors (Lipinski definition) is 2. The molecule has 0 spiro atoms. The van der Waals surface area contributed by atoms with Crippen molar-refractivity contribution in [3.05, 3.63) is 59.4 Å². The number of H-pyrrole nitrogens is 1. The zero-order valence-corrected chi connectivity index (χ0v) is 13.5. The van der Waals surface area contributed by atoms with E-state index in [4.69, 9.17) is 5.73 Å². The fourth-order valence-electron chi connectivity index (χ4n) is 3.23. The summed E-state index contributed by atoms with van der Waals surface area (Å²) in [5.41, 5.74) is 11.3. The molecule has 0 atom stereocenters. The molecular formula is C20H23FN2. The molecule has 23 heavy (non-hydrogen) atoms. The van der Waals surface area contributed by atoms with Gasteiger partial charge in [-0.1, -0.05) is 37.3 Å². The van der Waals surface area contributed by atoms with Crippen LogP contribution >= 0.6 is 0 Å². The summed E-state index contributed by atoms with van der Waals surface area (Å²) in [5.74, 6) is -0.204. The van der Waals surface area contributed by atoms with Crippen LogP contribution in [-0.2, 0) is 12.8 Å². The van der Waals surface area contributed by atoms with Gasteiger partial charge in [-0.3, -0.25) is 0 Å². The number of hydrogen-bond acceptors (Lipinski definition) is 1. The maximum absolute atomic E-state index is 13.7. The normalized spacial score (nSPS) is 11.3. The predicted molar refractivity (Wildman–Crippen MR) is 95.1 cm³/mol. The summed E-state index contributed by atoms with van der Waals surface area (Å²) in [5, 5.41) is 1.25. The molecule has 0 aliphatic heterocycles. The molecule has 2 aromatic carbocycles. The highest BCUT2D eigenvalue weighted by Crippen LogP contribution is 2.33. The van der Waals surface area contributed by atoms with Gasteiger partial charge < -0.3 is 10.7 Å². The molecule has 0 aliphatic rings. The Morgan fingerprint density at radius 1 is 1.09 bits per heavy atom. The van der Waals surface area contributed by atoms with E-state index in [1.54, 1.807) is 12.1 Å². The standard InChI is InChI=1S/C20H23FN2/c1-2-14-7-6-11-18-17(10-3-4-12-22)20(23-19(14)18)15-8-5-9-16(21)13-15/h5-9,11,13,23H,2-4,10,12,22H2,1H3. The van der Waals surface area contributed by atoms with Gasteiger partial charge in [-0.2, -0.15) is 0 Å². The molecule has 2 nitrogen and oxygen atoms in total. The average Bonchev–Trinajstić information content (AvgIpc) is 2.94. The Bertz CT molecular complexity index is 805. The minimum absolute atomic E-state index is 0.204. The monoisotopic (exact) mass is 310 g/mol. The number of aromatic amines is 1.